The lowest BCUT2D eigenvalue weighted by Crippen LogP contribution is -2.63. The number of carbonyl (C=O) groups excluding carboxylic acids is 1. The maximum Gasteiger partial charge on any atom is 0.253 e. The second-order valence-corrected chi connectivity index (χ2v) is 7.40. The van der Waals surface area contributed by atoms with Crippen LogP contribution in [0.4, 0.5) is 0 Å². The first kappa shape index (κ1) is 15.2. The summed E-state index contributed by atoms with van der Waals surface area (Å²) < 4.78 is 5.80. The predicted octanol–water partition coefficient (Wildman–Crippen LogP) is 2.46. The Morgan fingerprint density at radius 3 is 2.91 bits per heavy atom. The summed E-state index contributed by atoms with van der Waals surface area (Å²) in [7, 11) is 0. The molecule has 1 aromatic rings. The van der Waals surface area contributed by atoms with Crippen LogP contribution in [0, 0.1) is 6.92 Å². The summed E-state index contributed by atoms with van der Waals surface area (Å²) in [5.74, 6) is 0.189. The van der Waals surface area contributed by atoms with E-state index in [9.17, 15) is 4.79 Å². The minimum atomic E-state index is 0.189. The molecule has 124 valence electrons. The van der Waals surface area contributed by atoms with Gasteiger partial charge in [-0.15, -0.1) is 0 Å². The molecule has 0 aromatic heterocycles. The van der Waals surface area contributed by atoms with E-state index in [1.165, 1.54) is 19.3 Å². The van der Waals surface area contributed by atoms with Crippen LogP contribution in [0.5, 0.6) is 0 Å². The first-order chi connectivity index (χ1) is 11.2. The summed E-state index contributed by atoms with van der Waals surface area (Å²) in [4.78, 5) is 17.4. The van der Waals surface area contributed by atoms with Crippen molar-refractivity contribution in [3.8, 4) is 0 Å². The Bertz CT molecular complexity index is 597. The quantitative estimate of drug-likeness (QED) is 0.859. The molecule has 3 saturated heterocycles. The molecule has 4 rings (SSSR count). The van der Waals surface area contributed by atoms with Gasteiger partial charge in [-0.1, -0.05) is 17.7 Å². The van der Waals surface area contributed by atoms with Gasteiger partial charge in [0.05, 0.1) is 6.10 Å². The number of hydrogen-bond donors (Lipinski definition) is 0. The molecule has 1 spiro atoms. The summed E-state index contributed by atoms with van der Waals surface area (Å²) in [6.07, 6.45) is 5.13. The summed E-state index contributed by atoms with van der Waals surface area (Å²) in [5, 5.41) is 0. The first-order valence-corrected chi connectivity index (χ1v) is 8.89. The average molecular weight is 314 g/mol. The predicted molar refractivity (Wildman–Crippen MR) is 89.6 cm³/mol. The molecule has 0 unspecified atom stereocenters. The van der Waals surface area contributed by atoms with E-state index in [1.807, 2.05) is 31.2 Å². The van der Waals surface area contributed by atoms with E-state index in [-0.39, 0.29) is 11.4 Å². The Morgan fingerprint density at radius 1 is 1.35 bits per heavy atom. The van der Waals surface area contributed by atoms with E-state index in [0.717, 1.165) is 50.3 Å². The van der Waals surface area contributed by atoms with E-state index >= 15 is 0 Å². The van der Waals surface area contributed by atoms with Crippen LogP contribution in [0.2, 0.25) is 0 Å². The van der Waals surface area contributed by atoms with Crippen molar-refractivity contribution in [2.24, 2.45) is 0 Å². The molecule has 3 heterocycles. The molecule has 0 aliphatic carbocycles. The molecular formula is C19H26N2O2. The lowest BCUT2D eigenvalue weighted by atomic mass is 9.83. The molecule has 0 N–H and O–H groups in total. The third-order valence-corrected chi connectivity index (χ3v) is 5.85. The van der Waals surface area contributed by atoms with Gasteiger partial charge in [-0.05, 0) is 44.7 Å². The van der Waals surface area contributed by atoms with Crippen LogP contribution in [0.25, 0.3) is 0 Å². The van der Waals surface area contributed by atoms with Crippen molar-refractivity contribution < 1.29 is 9.53 Å². The summed E-state index contributed by atoms with van der Waals surface area (Å²) in [5.41, 5.74) is 2.20. The fraction of sp³-hybridized carbons (Fsp3) is 0.632. The molecule has 3 aliphatic rings. The monoisotopic (exact) mass is 314 g/mol. The van der Waals surface area contributed by atoms with E-state index in [2.05, 4.69) is 9.80 Å². The second-order valence-electron chi connectivity index (χ2n) is 7.40. The van der Waals surface area contributed by atoms with Crippen molar-refractivity contribution in [3.63, 3.8) is 0 Å². The third-order valence-electron chi connectivity index (χ3n) is 5.85. The van der Waals surface area contributed by atoms with E-state index in [4.69, 9.17) is 4.74 Å². The van der Waals surface area contributed by atoms with E-state index in [1.54, 1.807) is 0 Å². The zero-order chi connectivity index (χ0) is 15.9. The molecule has 1 aromatic carbocycles. The first-order valence-electron chi connectivity index (χ1n) is 8.89. The highest BCUT2D eigenvalue weighted by Gasteiger charge is 2.50. The van der Waals surface area contributed by atoms with Gasteiger partial charge in [-0.25, -0.2) is 0 Å². The lowest BCUT2D eigenvalue weighted by molar-refractivity contribution is -0.0419. The molecule has 0 saturated carbocycles. The van der Waals surface area contributed by atoms with Gasteiger partial charge >= 0.3 is 0 Å². The number of carbonyl (C=O) groups is 1. The Hall–Kier alpha value is -1.39. The van der Waals surface area contributed by atoms with Crippen molar-refractivity contribution in [3.05, 3.63) is 35.4 Å². The number of amides is 1. The van der Waals surface area contributed by atoms with Crippen LogP contribution in [-0.4, -0.2) is 60.1 Å². The van der Waals surface area contributed by atoms with Crippen LogP contribution in [0.3, 0.4) is 0 Å². The molecular weight excluding hydrogens is 288 g/mol. The summed E-state index contributed by atoms with van der Waals surface area (Å²) in [6, 6.07) is 7.95. The minimum absolute atomic E-state index is 0.189. The largest absolute Gasteiger partial charge is 0.377 e. The van der Waals surface area contributed by atoms with Crippen molar-refractivity contribution in [1.82, 2.24) is 9.80 Å². The normalized spacial score (nSPS) is 30.8. The maximum atomic E-state index is 12.8. The third kappa shape index (κ3) is 2.79. The van der Waals surface area contributed by atoms with Crippen molar-refractivity contribution in [2.45, 2.75) is 44.2 Å². The van der Waals surface area contributed by atoms with Crippen molar-refractivity contribution in [2.75, 3.05) is 32.8 Å². The average Bonchev–Trinajstić information content (AvgIpc) is 3.21. The number of aryl methyl sites for hydroxylation is 1. The fourth-order valence-electron chi connectivity index (χ4n) is 4.36. The number of hydrogen-bond acceptors (Lipinski definition) is 3. The number of rotatable bonds is 3. The Balaban J connectivity index is 1.41. The maximum absolute atomic E-state index is 12.8. The number of likely N-dealkylation sites (tertiary alicyclic amines) is 2. The van der Waals surface area contributed by atoms with Gasteiger partial charge in [0.25, 0.3) is 5.91 Å². The smallest absolute Gasteiger partial charge is 0.253 e. The van der Waals surface area contributed by atoms with Crippen LogP contribution in [0.1, 0.15) is 41.6 Å². The molecule has 0 bridgehead atoms. The Morgan fingerprint density at radius 2 is 2.22 bits per heavy atom. The highest BCUT2D eigenvalue weighted by atomic mass is 16.5. The SMILES string of the molecule is Cc1cccc(C(=O)N2CC[C@]3(CCN3C[C@@H]3CCCO3)C2)c1. The Labute approximate surface area is 138 Å². The van der Waals surface area contributed by atoms with E-state index in [0.29, 0.717) is 6.10 Å². The highest BCUT2D eigenvalue weighted by molar-refractivity contribution is 5.94. The standard InChI is InChI=1S/C19H26N2O2/c1-15-4-2-5-16(12-15)18(22)20-9-7-19(14-20)8-10-21(19)13-17-6-3-11-23-17/h2,4-5,12,17H,3,6-11,13-14H2,1H3/t17-,19-/m0/s1. The summed E-state index contributed by atoms with van der Waals surface area (Å²) in [6.45, 7) is 6.93. The number of ether oxygens (including phenoxy) is 1. The zero-order valence-corrected chi connectivity index (χ0v) is 14.0. The van der Waals surface area contributed by atoms with Gasteiger partial charge in [0.2, 0.25) is 0 Å². The van der Waals surface area contributed by atoms with Gasteiger partial charge in [-0.2, -0.15) is 0 Å². The van der Waals surface area contributed by atoms with Gasteiger partial charge in [0.1, 0.15) is 0 Å². The lowest BCUT2D eigenvalue weighted by Gasteiger charge is -2.51. The van der Waals surface area contributed by atoms with Gasteiger partial charge < -0.3 is 9.64 Å². The minimum Gasteiger partial charge on any atom is -0.377 e. The highest BCUT2D eigenvalue weighted by Crippen LogP contribution is 2.40. The molecule has 4 nitrogen and oxygen atoms in total. The fourth-order valence-corrected chi connectivity index (χ4v) is 4.36. The zero-order valence-electron chi connectivity index (χ0n) is 14.0. The topological polar surface area (TPSA) is 32.8 Å². The molecule has 2 atom stereocenters. The number of benzene rings is 1. The van der Waals surface area contributed by atoms with E-state index < -0.39 is 0 Å². The van der Waals surface area contributed by atoms with Crippen molar-refractivity contribution >= 4 is 5.91 Å². The number of nitrogens with zero attached hydrogens (tertiary/aromatic N) is 2. The van der Waals surface area contributed by atoms with Gasteiger partial charge in [0.15, 0.2) is 0 Å². The van der Waals surface area contributed by atoms with Crippen molar-refractivity contribution in [1.29, 1.82) is 0 Å². The van der Waals surface area contributed by atoms with Crippen LogP contribution in [0.15, 0.2) is 24.3 Å². The molecule has 3 fully saturated rings. The molecule has 0 radical (unpaired) electrons. The molecule has 1 amide bonds. The van der Waals surface area contributed by atoms with Crippen LogP contribution in [-0.2, 0) is 4.74 Å². The van der Waals surface area contributed by atoms with Crippen LogP contribution < -0.4 is 0 Å². The molecule has 23 heavy (non-hydrogen) atoms. The van der Waals surface area contributed by atoms with Gasteiger partial charge in [0, 0.05) is 43.9 Å². The van der Waals surface area contributed by atoms with Gasteiger partial charge in [-0.3, -0.25) is 9.69 Å². The second kappa shape index (κ2) is 5.91. The van der Waals surface area contributed by atoms with Crippen LogP contribution >= 0.6 is 0 Å². The summed E-state index contributed by atoms with van der Waals surface area (Å²) >= 11 is 0. The molecule has 4 heteroatoms. The molecule has 3 aliphatic heterocycles. The Kier molecular flexibility index (Phi) is 3.90.